The second-order valence-electron chi connectivity index (χ2n) is 13.9. The Morgan fingerprint density at radius 2 is 1.54 bits per heavy atom. The van der Waals surface area contributed by atoms with Crippen molar-refractivity contribution in [3.05, 3.63) is 129 Å². The summed E-state index contributed by atoms with van der Waals surface area (Å²) in [7, 11) is 0. The van der Waals surface area contributed by atoms with Crippen LogP contribution in [0.15, 0.2) is 112 Å². The van der Waals surface area contributed by atoms with Crippen molar-refractivity contribution in [2.45, 2.75) is 50.8 Å². The minimum absolute atomic E-state index is 0.0670. The summed E-state index contributed by atoms with van der Waals surface area (Å²) in [6.45, 7) is 2.73. The number of allylic oxidation sites excluding steroid dienone is 6. The van der Waals surface area contributed by atoms with Gasteiger partial charge in [0.1, 0.15) is 18.1 Å². The molecule has 3 aromatic carbocycles. The third kappa shape index (κ3) is 5.76. The molecule has 5 aliphatic rings. The lowest BCUT2D eigenvalue weighted by Gasteiger charge is -2.42. The molecule has 2 saturated heterocycles. The molecule has 8 rings (SSSR count). The highest BCUT2D eigenvalue weighted by Crippen LogP contribution is 2.56. The van der Waals surface area contributed by atoms with Gasteiger partial charge in [0.25, 0.3) is 0 Å². The van der Waals surface area contributed by atoms with Crippen LogP contribution in [-0.4, -0.2) is 57.4 Å². The Kier molecular flexibility index (Phi) is 8.65. The van der Waals surface area contributed by atoms with Crippen LogP contribution in [-0.2, 0) is 32.3 Å². The second-order valence-corrected chi connectivity index (χ2v) is 14.8. The quantitative estimate of drug-likeness (QED) is 0.170. The summed E-state index contributed by atoms with van der Waals surface area (Å²) in [4.78, 5) is 59.6. The summed E-state index contributed by atoms with van der Waals surface area (Å²) in [5.74, 6) is -2.87. The van der Waals surface area contributed by atoms with Crippen LogP contribution >= 0.6 is 15.9 Å². The molecule has 9 heteroatoms. The molecule has 2 amide bonds. The first-order valence-corrected chi connectivity index (χ1v) is 18.1. The fourth-order valence-corrected chi connectivity index (χ4v) is 9.17. The molecule has 0 spiro atoms. The molecule has 50 heavy (non-hydrogen) atoms. The van der Waals surface area contributed by atoms with Gasteiger partial charge in [0.2, 0.25) is 11.8 Å². The smallest absolute Gasteiger partial charge is 0.233 e. The van der Waals surface area contributed by atoms with Crippen molar-refractivity contribution in [3.8, 4) is 11.5 Å². The number of imide groups is 1. The standard InChI is InChI=1S/C41H37BrN2O6/c42-33-21-35(46)38-32(39(33)47)20-31-28(36(38)29-12-11-27(19-34(29)45)50-23-25-9-5-2-6-10-25)13-14-30-37(31)41(49)44(40(30)48)26-15-17-43(18-16-26)22-24-7-3-1-4-8-24/h1-13,19,21,26,30-31,36-37,45H,14-18,20,22-23H2. The monoisotopic (exact) mass is 732 g/mol. The highest BCUT2D eigenvalue weighted by Gasteiger charge is 2.57. The molecular formula is C41H37BrN2O6. The molecule has 2 aliphatic heterocycles. The molecule has 2 fully saturated rings. The zero-order valence-corrected chi connectivity index (χ0v) is 29.1. The Morgan fingerprint density at radius 1 is 0.840 bits per heavy atom. The molecular weight excluding hydrogens is 696 g/mol. The number of rotatable bonds is 7. The summed E-state index contributed by atoms with van der Waals surface area (Å²) >= 11 is 3.29. The van der Waals surface area contributed by atoms with Crippen molar-refractivity contribution in [2.24, 2.45) is 17.8 Å². The van der Waals surface area contributed by atoms with Crippen LogP contribution in [0.25, 0.3) is 0 Å². The Labute approximate surface area is 299 Å². The van der Waals surface area contributed by atoms with Crippen molar-refractivity contribution in [1.82, 2.24) is 9.80 Å². The number of carbonyl (C=O) groups excluding carboxylic acids is 4. The van der Waals surface area contributed by atoms with Crippen LogP contribution in [0.5, 0.6) is 11.5 Å². The minimum atomic E-state index is -0.737. The van der Waals surface area contributed by atoms with Crippen molar-refractivity contribution in [3.63, 3.8) is 0 Å². The molecule has 8 nitrogen and oxygen atoms in total. The van der Waals surface area contributed by atoms with Gasteiger partial charge in [-0.15, -0.1) is 0 Å². The molecule has 254 valence electrons. The number of ether oxygens (including phenoxy) is 1. The van der Waals surface area contributed by atoms with Gasteiger partial charge in [-0.2, -0.15) is 0 Å². The van der Waals surface area contributed by atoms with Crippen molar-refractivity contribution >= 4 is 39.3 Å². The van der Waals surface area contributed by atoms with Gasteiger partial charge in [0.15, 0.2) is 11.6 Å². The van der Waals surface area contributed by atoms with E-state index in [-0.39, 0.29) is 46.1 Å². The predicted molar refractivity (Wildman–Crippen MR) is 190 cm³/mol. The lowest BCUT2D eigenvalue weighted by atomic mass is 9.59. The second kappa shape index (κ2) is 13.3. The maximum Gasteiger partial charge on any atom is 0.233 e. The Bertz CT molecular complexity index is 1980. The number of likely N-dealkylation sites (tertiary alicyclic amines) is 2. The van der Waals surface area contributed by atoms with Gasteiger partial charge in [-0.3, -0.25) is 29.0 Å². The Hall–Kier alpha value is -4.60. The number of benzene rings is 3. The van der Waals surface area contributed by atoms with Crippen LogP contribution in [0.2, 0.25) is 0 Å². The van der Waals surface area contributed by atoms with E-state index in [1.807, 2.05) is 54.6 Å². The zero-order chi connectivity index (χ0) is 34.5. The summed E-state index contributed by atoms with van der Waals surface area (Å²) in [5.41, 5.74) is 4.16. The molecule has 3 aliphatic carbocycles. The lowest BCUT2D eigenvalue weighted by molar-refractivity contribution is -0.144. The normalized spacial score (nSPS) is 25.6. The van der Waals surface area contributed by atoms with Crippen LogP contribution in [0, 0.1) is 17.8 Å². The number of hydrogen-bond acceptors (Lipinski definition) is 7. The van der Waals surface area contributed by atoms with E-state index in [0.717, 1.165) is 30.8 Å². The summed E-state index contributed by atoms with van der Waals surface area (Å²) in [6.07, 6.45) is 5.26. The van der Waals surface area contributed by atoms with Crippen LogP contribution in [0.1, 0.15) is 48.3 Å². The SMILES string of the molecule is O=C1C=C(Br)C(=O)C2=C1C(c1ccc(OCc3ccccc3)cc1O)C1=CCC3C(=O)N(C4CCN(Cc5ccccc5)CC4)C(=O)C3C1C2. The van der Waals surface area contributed by atoms with Crippen LogP contribution < -0.4 is 4.74 Å². The van der Waals surface area contributed by atoms with Gasteiger partial charge in [-0.1, -0.05) is 78.4 Å². The highest BCUT2D eigenvalue weighted by molar-refractivity contribution is 9.12. The molecule has 4 atom stereocenters. The molecule has 0 aromatic heterocycles. The number of phenolic OH excluding ortho intramolecular Hbond substituents is 1. The number of hydrogen-bond donors (Lipinski definition) is 1. The maximum atomic E-state index is 14.4. The maximum absolute atomic E-state index is 14.4. The van der Waals surface area contributed by atoms with E-state index < -0.39 is 23.7 Å². The highest BCUT2D eigenvalue weighted by atomic mass is 79.9. The summed E-state index contributed by atoms with van der Waals surface area (Å²) in [5, 5.41) is 11.4. The fourth-order valence-electron chi connectivity index (χ4n) is 8.72. The molecule has 0 radical (unpaired) electrons. The van der Waals surface area contributed by atoms with Crippen molar-refractivity contribution in [1.29, 1.82) is 0 Å². The van der Waals surface area contributed by atoms with Gasteiger partial charge in [-0.25, -0.2) is 0 Å². The van der Waals surface area contributed by atoms with Crippen molar-refractivity contribution < 1.29 is 29.0 Å². The summed E-state index contributed by atoms with van der Waals surface area (Å²) < 4.78 is 6.13. The number of halogens is 1. The van der Waals surface area contributed by atoms with Gasteiger partial charge < -0.3 is 9.84 Å². The summed E-state index contributed by atoms with van der Waals surface area (Å²) in [6, 6.07) is 24.8. The van der Waals surface area contributed by atoms with E-state index in [0.29, 0.717) is 48.3 Å². The minimum Gasteiger partial charge on any atom is -0.507 e. The lowest BCUT2D eigenvalue weighted by Crippen LogP contribution is -2.47. The first kappa shape index (κ1) is 32.6. The first-order valence-electron chi connectivity index (χ1n) is 17.3. The number of aromatic hydroxyl groups is 1. The first-order chi connectivity index (χ1) is 24.3. The van der Waals surface area contributed by atoms with E-state index >= 15 is 0 Å². The Balaban J connectivity index is 1.07. The molecule has 0 bridgehead atoms. The van der Waals surface area contributed by atoms with E-state index in [2.05, 4.69) is 33.0 Å². The average Bonchev–Trinajstić information content (AvgIpc) is 3.39. The largest absolute Gasteiger partial charge is 0.507 e. The fraction of sp³-hybridized carbons (Fsp3) is 0.317. The van der Waals surface area contributed by atoms with Crippen molar-refractivity contribution in [2.75, 3.05) is 13.1 Å². The molecule has 3 aromatic rings. The molecule has 0 saturated carbocycles. The van der Waals surface area contributed by atoms with Gasteiger partial charge >= 0.3 is 0 Å². The number of nitrogens with zero attached hydrogens (tertiary/aromatic N) is 2. The third-order valence-electron chi connectivity index (χ3n) is 11.1. The number of fused-ring (bicyclic) bond motifs is 3. The van der Waals surface area contributed by atoms with Gasteiger partial charge in [0, 0.05) is 60.4 Å². The molecule has 1 N–H and O–H groups in total. The zero-order valence-electron chi connectivity index (χ0n) is 27.5. The average molecular weight is 734 g/mol. The topological polar surface area (TPSA) is 104 Å². The van der Waals surface area contributed by atoms with Crippen LogP contribution in [0.4, 0.5) is 0 Å². The third-order valence-corrected chi connectivity index (χ3v) is 11.7. The molecule has 4 unspecified atom stereocenters. The van der Waals surface area contributed by atoms with E-state index in [9.17, 15) is 24.3 Å². The number of carbonyl (C=O) groups is 4. The predicted octanol–water partition coefficient (Wildman–Crippen LogP) is 6.40. The number of phenols is 1. The number of Topliss-reactive ketones (excluding diaryl/α,β-unsaturated/α-hetero) is 1. The van der Waals surface area contributed by atoms with Gasteiger partial charge in [0.05, 0.1) is 16.3 Å². The van der Waals surface area contributed by atoms with E-state index in [1.54, 1.807) is 12.1 Å². The molecule has 2 heterocycles. The Morgan fingerprint density at radius 3 is 2.24 bits per heavy atom. The number of amides is 2. The number of ketones is 2. The van der Waals surface area contributed by atoms with Gasteiger partial charge in [-0.05, 0) is 64.7 Å². The van der Waals surface area contributed by atoms with E-state index in [4.69, 9.17) is 4.74 Å². The number of piperidine rings is 1. The van der Waals surface area contributed by atoms with Crippen LogP contribution in [0.3, 0.4) is 0 Å². The van der Waals surface area contributed by atoms with E-state index in [1.165, 1.54) is 22.6 Å².